The van der Waals surface area contributed by atoms with Crippen LogP contribution in [-0.2, 0) is 4.79 Å². The van der Waals surface area contributed by atoms with Crippen molar-refractivity contribution in [3.63, 3.8) is 0 Å². The largest absolute Gasteiger partial charge is 0.396 e. The third-order valence-corrected chi connectivity index (χ3v) is 4.49. The van der Waals surface area contributed by atoms with Crippen molar-refractivity contribution in [1.82, 2.24) is 14.8 Å². The van der Waals surface area contributed by atoms with Gasteiger partial charge < -0.3 is 15.5 Å². The molecular formula is C19H22N4O2. The second-order valence-corrected chi connectivity index (χ2v) is 6.20. The maximum absolute atomic E-state index is 12.8. The van der Waals surface area contributed by atoms with Gasteiger partial charge >= 0.3 is 0 Å². The summed E-state index contributed by atoms with van der Waals surface area (Å²) in [7, 11) is 1.73. The predicted octanol–water partition coefficient (Wildman–Crippen LogP) is 2.03. The summed E-state index contributed by atoms with van der Waals surface area (Å²) in [6, 6.07) is 11.2. The summed E-state index contributed by atoms with van der Waals surface area (Å²) in [6.45, 7) is 1.81. The van der Waals surface area contributed by atoms with Crippen LogP contribution < -0.4 is 5.73 Å². The van der Waals surface area contributed by atoms with E-state index in [2.05, 4.69) is 4.98 Å². The number of hydrogen-bond acceptors (Lipinski definition) is 4. The maximum atomic E-state index is 12.8. The van der Waals surface area contributed by atoms with Gasteiger partial charge in [0.05, 0.1) is 16.9 Å². The molecule has 1 aliphatic heterocycles. The van der Waals surface area contributed by atoms with Gasteiger partial charge in [0.15, 0.2) is 0 Å². The van der Waals surface area contributed by atoms with Crippen molar-refractivity contribution in [1.29, 1.82) is 0 Å². The highest BCUT2D eigenvalue weighted by atomic mass is 16.2. The van der Waals surface area contributed by atoms with Crippen LogP contribution in [0.25, 0.3) is 11.3 Å². The Morgan fingerprint density at radius 1 is 1.28 bits per heavy atom. The SMILES string of the molecule is CN(CCN1CCCC1=O)C(=O)c1ccnc(-c2ccccc2)c1N. The van der Waals surface area contributed by atoms with Gasteiger partial charge in [-0.1, -0.05) is 30.3 Å². The molecule has 3 rings (SSSR count). The van der Waals surface area contributed by atoms with Gasteiger partial charge in [-0.2, -0.15) is 0 Å². The van der Waals surface area contributed by atoms with Crippen molar-refractivity contribution < 1.29 is 9.59 Å². The van der Waals surface area contributed by atoms with Gasteiger partial charge in [0, 0.05) is 44.9 Å². The number of nitrogens with zero attached hydrogens (tertiary/aromatic N) is 3. The van der Waals surface area contributed by atoms with Gasteiger partial charge in [-0.05, 0) is 12.5 Å². The number of benzene rings is 1. The number of pyridine rings is 1. The molecular weight excluding hydrogens is 316 g/mol. The number of nitrogen functional groups attached to an aromatic ring is 1. The number of carbonyl (C=O) groups is 2. The molecule has 6 nitrogen and oxygen atoms in total. The molecule has 1 saturated heterocycles. The molecule has 130 valence electrons. The van der Waals surface area contributed by atoms with Crippen LogP contribution in [0.2, 0.25) is 0 Å². The maximum Gasteiger partial charge on any atom is 0.255 e. The normalized spacial score (nSPS) is 14.0. The van der Waals surface area contributed by atoms with Crippen molar-refractivity contribution in [2.45, 2.75) is 12.8 Å². The van der Waals surface area contributed by atoms with Crippen molar-refractivity contribution in [3.05, 3.63) is 48.2 Å². The minimum Gasteiger partial charge on any atom is -0.396 e. The highest BCUT2D eigenvalue weighted by Crippen LogP contribution is 2.26. The molecule has 0 aliphatic carbocycles. The zero-order valence-electron chi connectivity index (χ0n) is 14.3. The monoisotopic (exact) mass is 338 g/mol. The van der Waals surface area contributed by atoms with E-state index in [-0.39, 0.29) is 11.8 Å². The highest BCUT2D eigenvalue weighted by Gasteiger charge is 2.22. The Hall–Kier alpha value is -2.89. The number of amides is 2. The van der Waals surface area contributed by atoms with Crippen molar-refractivity contribution in [2.75, 3.05) is 32.4 Å². The van der Waals surface area contributed by atoms with E-state index in [1.807, 2.05) is 30.3 Å². The molecule has 0 bridgehead atoms. The fourth-order valence-corrected chi connectivity index (χ4v) is 3.00. The lowest BCUT2D eigenvalue weighted by Crippen LogP contribution is -2.37. The zero-order chi connectivity index (χ0) is 17.8. The Kier molecular flexibility index (Phi) is 4.97. The first kappa shape index (κ1) is 17.0. The fourth-order valence-electron chi connectivity index (χ4n) is 3.00. The van der Waals surface area contributed by atoms with Gasteiger partial charge in [-0.25, -0.2) is 0 Å². The van der Waals surface area contributed by atoms with E-state index < -0.39 is 0 Å². The molecule has 0 saturated carbocycles. The molecule has 0 spiro atoms. The number of anilines is 1. The van der Waals surface area contributed by atoms with Crippen LogP contribution in [0.15, 0.2) is 42.6 Å². The molecule has 1 aromatic heterocycles. The Morgan fingerprint density at radius 3 is 2.72 bits per heavy atom. The number of rotatable bonds is 5. The molecule has 1 aliphatic rings. The summed E-state index contributed by atoms with van der Waals surface area (Å²) < 4.78 is 0. The first-order valence-electron chi connectivity index (χ1n) is 8.41. The van der Waals surface area contributed by atoms with Gasteiger partial charge in [-0.15, -0.1) is 0 Å². The summed E-state index contributed by atoms with van der Waals surface area (Å²) in [5.41, 5.74) is 8.51. The van der Waals surface area contributed by atoms with E-state index >= 15 is 0 Å². The first-order valence-corrected chi connectivity index (χ1v) is 8.41. The number of likely N-dealkylation sites (N-methyl/N-ethyl adjacent to an activating group) is 1. The molecule has 2 amide bonds. The van der Waals surface area contributed by atoms with Crippen LogP contribution in [0.4, 0.5) is 5.69 Å². The highest BCUT2D eigenvalue weighted by molar-refractivity contribution is 6.01. The van der Waals surface area contributed by atoms with Crippen LogP contribution in [0, 0.1) is 0 Å². The summed E-state index contributed by atoms with van der Waals surface area (Å²) in [5.74, 6) is -0.000588. The lowest BCUT2D eigenvalue weighted by atomic mass is 10.1. The minimum atomic E-state index is -0.163. The van der Waals surface area contributed by atoms with E-state index in [1.165, 1.54) is 0 Å². The summed E-state index contributed by atoms with van der Waals surface area (Å²) >= 11 is 0. The van der Waals surface area contributed by atoms with Crippen LogP contribution >= 0.6 is 0 Å². The fraction of sp³-hybridized carbons (Fsp3) is 0.316. The molecule has 1 aromatic carbocycles. The predicted molar refractivity (Wildman–Crippen MR) is 96.9 cm³/mol. The summed E-state index contributed by atoms with van der Waals surface area (Å²) in [6.07, 6.45) is 3.10. The van der Waals surface area contributed by atoms with Crippen molar-refractivity contribution in [3.8, 4) is 11.3 Å². The number of carbonyl (C=O) groups excluding carboxylic acids is 2. The molecule has 6 heteroatoms. The van der Waals surface area contributed by atoms with Crippen LogP contribution in [0.5, 0.6) is 0 Å². The Morgan fingerprint density at radius 2 is 2.04 bits per heavy atom. The smallest absolute Gasteiger partial charge is 0.255 e. The third-order valence-electron chi connectivity index (χ3n) is 4.49. The average molecular weight is 338 g/mol. The average Bonchev–Trinajstić information content (AvgIpc) is 3.05. The zero-order valence-corrected chi connectivity index (χ0v) is 14.3. The molecule has 2 heterocycles. The summed E-state index contributed by atoms with van der Waals surface area (Å²) in [4.78, 5) is 32.2. The van der Waals surface area contributed by atoms with Crippen LogP contribution in [-0.4, -0.2) is 53.3 Å². The second-order valence-electron chi connectivity index (χ2n) is 6.20. The third kappa shape index (κ3) is 3.63. The molecule has 2 N–H and O–H groups in total. The quantitative estimate of drug-likeness (QED) is 0.904. The second kappa shape index (κ2) is 7.34. The van der Waals surface area contributed by atoms with E-state index in [1.54, 1.807) is 29.1 Å². The Bertz CT molecular complexity index is 776. The van der Waals surface area contributed by atoms with Crippen molar-refractivity contribution in [2.24, 2.45) is 0 Å². The number of likely N-dealkylation sites (tertiary alicyclic amines) is 1. The Balaban J connectivity index is 1.74. The van der Waals surface area contributed by atoms with E-state index in [4.69, 9.17) is 5.73 Å². The van der Waals surface area contributed by atoms with Gasteiger partial charge in [-0.3, -0.25) is 14.6 Å². The van der Waals surface area contributed by atoms with Gasteiger partial charge in [0.1, 0.15) is 0 Å². The number of nitrogens with two attached hydrogens (primary N) is 1. The van der Waals surface area contributed by atoms with Gasteiger partial charge in [0.2, 0.25) is 5.91 Å². The van der Waals surface area contributed by atoms with E-state index in [0.717, 1.165) is 18.5 Å². The summed E-state index contributed by atoms with van der Waals surface area (Å²) in [5, 5.41) is 0. The molecule has 0 atom stereocenters. The number of aromatic nitrogens is 1. The molecule has 25 heavy (non-hydrogen) atoms. The van der Waals surface area contributed by atoms with Crippen LogP contribution in [0.3, 0.4) is 0 Å². The van der Waals surface area contributed by atoms with Crippen LogP contribution in [0.1, 0.15) is 23.2 Å². The van der Waals surface area contributed by atoms with E-state index in [0.29, 0.717) is 36.5 Å². The number of hydrogen-bond donors (Lipinski definition) is 1. The van der Waals surface area contributed by atoms with E-state index in [9.17, 15) is 9.59 Å². The lowest BCUT2D eigenvalue weighted by molar-refractivity contribution is -0.127. The molecule has 0 unspecified atom stereocenters. The first-order chi connectivity index (χ1) is 12.1. The molecule has 2 aromatic rings. The standard InChI is InChI=1S/C19H22N4O2/c1-22(12-13-23-11-5-8-16(23)24)19(25)15-9-10-21-18(17(15)20)14-6-3-2-4-7-14/h2-4,6-7,9-10H,5,8,11-13,20H2,1H3. The minimum absolute atomic E-state index is 0.163. The molecule has 1 fully saturated rings. The molecule has 0 radical (unpaired) electrons. The topological polar surface area (TPSA) is 79.5 Å². The lowest BCUT2D eigenvalue weighted by Gasteiger charge is -2.22. The van der Waals surface area contributed by atoms with Gasteiger partial charge in [0.25, 0.3) is 5.91 Å². The van der Waals surface area contributed by atoms with Crippen molar-refractivity contribution >= 4 is 17.5 Å². The Labute approximate surface area is 147 Å².